The van der Waals surface area contributed by atoms with Crippen LogP contribution >= 0.6 is 0 Å². The molecule has 0 unspecified atom stereocenters. The summed E-state index contributed by atoms with van der Waals surface area (Å²) in [7, 11) is 0. The molecule has 1 aliphatic rings. The highest BCUT2D eigenvalue weighted by molar-refractivity contribution is 5.31. The van der Waals surface area contributed by atoms with Gasteiger partial charge < -0.3 is 15.2 Å². The second-order valence-corrected chi connectivity index (χ2v) is 7.38. The molecule has 0 spiro atoms. The molecule has 1 aromatic carbocycles. The van der Waals surface area contributed by atoms with Crippen LogP contribution < -0.4 is 5.32 Å². The van der Waals surface area contributed by atoms with Crippen LogP contribution in [0.5, 0.6) is 0 Å². The molecule has 0 bridgehead atoms. The third kappa shape index (κ3) is 5.16. The number of hydrogen-bond acceptors (Lipinski definition) is 3. The van der Waals surface area contributed by atoms with E-state index in [0.717, 1.165) is 44.5 Å². The van der Waals surface area contributed by atoms with Gasteiger partial charge in [-0.25, -0.2) is 0 Å². The molecule has 0 radical (unpaired) electrons. The minimum absolute atomic E-state index is 0.139. The standard InChI is InChI=1S/C21H31N3O2/c1-16-13-17(2)24(23-16)12-6-11-22-14-19(25)15-26-21-10-5-8-18-7-3-4-9-20(18)21/h3-4,7,9,13,19,21-22,25H,5-6,8,10-12,14-15H2,1-2H3/p+1/t19-,21-/m0/s1. The van der Waals surface area contributed by atoms with Crippen molar-refractivity contribution in [1.29, 1.82) is 0 Å². The minimum Gasteiger partial charge on any atom is -0.385 e. The van der Waals surface area contributed by atoms with Crippen LogP contribution in [0.15, 0.2) is 30.3 Å². The molecular weight excluding hydrogens is 326 g/mol. The first-order valence-corrected chi connectivity index (χ1v) is 9.83. The van der Waals surface area contributed by atoms with E-state index >= 15 is 0 Å². The monoisotopic (exact) mass is 358 g/mol. The number of aryl methyl sites for hydroxylation is 4. The maximum Gasteiger partial charge on any atom is 0.126 e. The molecule has 2 aromatic rings. The largest absolute Gasteiger partial charge is 0.385 e. The fraction of sp³-hybridized carbons (Fsp3) is 0.571. The summed E-state index contributed by atoms with van der Waals surface area (Å²) >= 11 is 0. The summed E-state index contributed by atoms with van der Waals surface area (Å²) in [5.74, 6) is 0. The van der Waals surface area contributed by atoms with Crippen LogP contribution in [0.4, 0.5) is 0 Å². The van der Waals surface area contributed by atoms with E-state index in [1.165, 1.54) is 16.8 Å². The smallest absolute Gasteiger partial charge is 0.126 e. The fourth-order valence-corrected chi connectivity index (χ4v) is 3.77. The van der Waals surface area contributed by atoms with E-state index < -0.39 is 6.10 Å². The Kier molecular flexibility index (Phi) is 6.83. The molecule has 1 aliphatic carbocycles. The normalized spacial score (nSPS) is 17.9. The third-order valence-corrected chi connectivity index (χ3v) is 5.12. The van der Waals surface area contributed by atoms with Crippen LogP contribution in [0.25, 0.3) is 0 Å². The van der Waals surface area contributed by atoms with Gasteiger partial charge in [0, 0.05) is 18.7 Å². The number of ether oxygens (including phenoxy) is 1. The molecule has 5 heteroatoms. The Morgan fingerprint density at radius 2 is 2.19 bits per heavy atom. The summed E-state index contributed by atoms with van der Waals surface area (Å²) in [6.07, 6.45) is 4.12. The van der Waals surface area contributed by atoms with Gasteiger partial charge in [0.1, 0.15) is 12.6 Å². The molecule has 0 aliphatic heterocycles. The summed E-state index contributed by atoms with van der Waals surface area (Å²) in [5.41, 5.74) is 4.99. The van der Waals surface area contributed by atoms with Crippen molar-refractivity contribution in [2.24, 2.45) is 0 Å². The lowest BCUT2D eigenvalue weighted by Gasteiger charge is -2.26. The number of fused-ring (bicyclic) bond motifs is 1. The lowest BCUT2D eigenvalue weighted by Crippen LogP contribution is -2.86. The first-order valence-electron chi connectivity index (χ1n) is 9.83. The molecule has 142 valence electrons. The van der Waals surface area contributed by atoms with Crippen molar-refractivity contribution in [1.82, 2.24) is 9.78 Å². The molecule has 0 saturated heterocycles. The van der Waals surface area contributed by atoms with Crippen LogP contribution in [0.1, 0.15) is 47.9 Å². The van der Waals surface area contributed by atoms with Crippen molar-refractivity contribution in [3.63, 3.8) is 0 Å². The van der Waals surface area contributed by atoms with Gasteiger partial charge in [0.2, 0.25) is 0 Å². The summed E-state index contributed by atoms with van der Waals surface area (Å²) in [4.78, 5) is 0. The number of nitrogens with two attached hydrogens (primary N) is 1. The maximum absolute atomic E-state index is 10.2. The summed E-state index contributed by atoms with van der Waals surface area (Å²) < 4.78 is 8.09. The second kappa shape index (κ2) is 9.31. The topological polar surface area (TPSA) is 63.9 Å². The van der Waals surface area contributed by atoms with Crippen molar-refractivity contribution in [2.45, 2.75) is 58.3 Å². The number of quaternary nitrogens is 1. The maximum atomic E-state index is 10.2. The molecule has 5 nitrogen and oxygen atoms in total. The predicted octanol–water partition coefficient (Wildman–Crippen LogP) is 1.91. The number of rotatable bonds is 9. The highest BCUT2D eigenvalue weighted by Crippen LogP contribution is 2.32. The second-order valence-electron chi connectivity index (χ2n) is 7.38. The zero-order valence-corrected chi connectivity index (χ0v) is 16.0. The SMILES string of the molecule is Cc1cc(C)n(CCC[NH2+]C[C@H](O)CO[C@H]2CCCc3ccccc32)n1. The van der Waals surface area contributed by atoms with E-state index in [4.69, 9.17) is 4.74 Å². The van der Waals surface area contributed by atoms with Gasteiger partial charge >= 0.3 is 0 Å². The van der Waals surface area contributed by atoms with Gasteiger partial charge in [0.05, 0.1) is 24.9 Å². The van der Waals surface area contributed by atoms with Crippen molar-refractivity contribution in [2.75, 3.05) is 19.7 Å². The lowest BCUT2D eigenvalue weighted by atomic mass is 9.89. The Balaban J connectivity index is 1.32. The molecule has 1 heterocycles. The molecular formula is C21H32N3O2+. The quantitative estimate of drug-likeness (QED) is 0.673. The zero-order chi connectivity index (χ0) is 18.4. The van der Waals surface area contributed by atoms with Gasteiger partial charge in [-0.15, -0.1) is 0 Å². The number of benzene rings is 1. The molecule has 3 N–H and O–H groups in total. The van der Waals surface area contributed by atoms with Crippen LogP contribution in [-0.4, -0.2) is 40.7 Å². The van der Waals surface area contributed by atoms with Crippen molar-refractivity contribution in [3.8, 4) is 0 Å². The van der Waals surface area contributed by atoms with E-state index in [1.807, 2.05) is 6.92 Å². The van der Waals surface area contributed by atoms with Gasteiger partial charge in [-0.05, 0) is 50.3 Å². The van der Waals surface area contributed by atoms with Gasteiger partial charge in [0.25, 0.3) is 0 Å². The third-order valence-electron chi connectivity index (χ3n) is 5.12. The average molecular weight is 359 g/mol. The highest BCUT2D eigenvalue weighted by atomic mass is 16.5. The van der Waals surface area contributed by atoms with Crippen LogP contribution in [-0.2, 0) is 17.7 Å². The number of hydrogen-bond donors (Lipinski definition) is 2. The Bertz CT molecular complexity index is 698. The summed E-state index contributed by atoms with van der Waals surface area (Å²) in [5, 5.41) is 16.9. The van der Waals surface area contributed by atoms with Gasteiger partial charge in [-0.2, -0.15) is 5.10 Å². The molecule has 2 atom stereocenters. The van der Waals surface area contributed by atoms with Gasteiger partial charge in [-0.1, -0.05) is 24.3 Å². The first-order chi connectivity index (χ1) is 12.6. The lowest BCUT2D eigenvalue weighted by molar-refractivity contribution is -0.661. The Hall–Kier alpha value is -1.69. The van der Waals surface area contributed by atoms with Gasteiger partial charge in [0.15, 0.2) is 0 Å². The average Bonchev–Trinajstić information content (AvgIpc) is 2.97. The number of aliphatic hydroxyl groups is 1. The van der Waals surface area contributed by atoms with E-state index in [9.17, 15) is 5.11 Å². The summed E-state index contributed by atoms with van der Waals surface area (Å²) in [6, 6.07) is 10.6. The van der Waals surface area contributed by atoms with Crippen molar-refractivity contribution < 1.29 is 15.2 Å². The minimum atomic E-state index is -0.419. The Labute approximate surface area is 156 Å². The summed E-state index contributed by atoms with van der Waals surface area (Å²) in [6.45, 7) is 7.13. The van der Waals surface area contributed by atoms with Crippen molar-refractivity contribution in [3.05, 3.63) is 52.8 Å². The van der Waals surface area contributed by atoms with Crippen molar-refractivity contribution >= 4 is 0 Å². The first kappa shape index (κ1) is 19.1. The fourth-order valence-electron chi connectivity index (χ4n) is 3.77. The van der Waals surface area contributed by atoms with E-state index in [2.05, 4.69) is 52.4 Å². The number of aliphatic hydroxyl groups excluding tert-OH is 1. The predicted molar refractivity (Wildman–Crippen MR) is 102 cm³/mol. The van der Waals surface area contributed by atoms with E-state index in [-0.39, 0.29) is 6.10 Å². The molecule has 0 amide bonds. The Morgan fingerprint density at radius 3 is 3.00 bits per heavy atom. The molecule has 3 rings (SSSR count). The van der Waals surface area contributed by atoms with E-state index in [1.54, 1.807) is 0 Å². The molecule has 0 fully saturated rings. The number of nitrogens with zero attached hydrogens (tertiary/aromatic N) is 2. The Morgan fingerprint density at radius 1 is 1.35 bits per heavy atom. The van der Waals surface area contributed by atoms with Crippen LogP contribution in [0.3, 0.4) is 0 Å². The molecule has 26 heavy (non-hydrogen) atoms. The highest BCUT2D eigenvalue weighted by Gasteiger charge is 2.21. The van der Waals surface area contributed by atoms with Crippen LogP contribution in [0, 0.1) is 13.8 Å². The van der Waals surface area contributed by atoms with Gasteiger partial charge in [-0.3, -0.25) is 4.68 Å². The number of aromatic nitrogens is 2. The van der Waals surface area contributed by atoms with E-state index in [0.29, 0.717) is 13.2 Å². The molecule has 1 aromatic heterocycles. The molecule has 0 saturated carbocycles. The zero-order valence-electron chi connectivity index (χ0n) is 16.0. The van der Waals surface area contributed by atoms with Crippen LogP contribution in [0.2, 0.25) is 0 Å².